The van der Waals surface area contributed by atoms with Crippen molar-refractivity contribution in [3.8, 4) is 0 Å². The molecule has 1 aliphatic heterocycles. The van der Waals surface area contributed by atoms with E-state index < -0.39 is 4.92 Å². The number of pyridine rings is 1. The van der Waals surface area contributed by atoms with Gasteiger partial charge in [-0.1, -0.05) is 0 Å². The first-order chi connectivity index (χ1) is 9.58. The summed E-state index contributed by atoms with van der Waals surface area (Å²) in [7, 11) is 0. The van der Waals surface area contributed by atoms with Gasteiger partial charge in [0.1, 0.15) is 6.20 Å². The summed E-state index contributed by atoms with van der Waals surface area (Å²) >= 11 is 0. The van der Waals surface area contributed by atoms with E-state index in [0.29, 0.717) is 18.2 Å². The summed E-state index contributed by atoms with van der Waals surface area (Å²) in [6.45, 7) is 4.27. The second kappa shape index (κ2) is 7.90. The molecule has 1 fully saturated rings. The number of carbonyl (C=O) groups is 1. The summed E-state index contributed by atoms with van der Waals surface area (Å²) < 4.78 is 0. The van der Waals surface area contributed by atoms with Crippen molar-refractivity contribution in [1.82, 2.24) is 15.6 Å². The summed E-state index contributed by atoms with van der Waals surface area (Å²) in [5.74, 6) is 0.296. The first-order valence-corrected chi connectivity index (χ1v) is 6.68. The highest BCUT2D eigenvalue weighted by atomic mass is 35.5. The van der Waals surface area contributed by atoms with Crippen LogP contribution < -0.4 is 10.6 Å². The lowest BCUT2D eigenvalue weighted by molar-refractivity contribution is -0.385. The van der Waals surface area contributed by atoms with Crippen LogP contribution in [0.1, 0.15) is 28.9 Å². The molecular formula is C13H19ClN4O3. The molecule has 1 atom stereocenters. The highest BCUT2D eigenvalue weighted by Gasteiger charge is 2.17. The molecule has 1 saturated heterocycles. The van der Waals surface area contributed by atoms with E-state index in [9.17, 15) is 14.9 Å². The molecule has 1 aromatic heterocycles. The molecule has 1 amide bonds. The monoisotopic (exact) mass is 314 g/mol. The Balaban J connectivity index is 0.00000220. The van der Waals surface area contributed by atoms with Gasteiger partial charge in [-0.25, -0.2) is 0 Å². The predicted molar refractivity (Wildman–Crippen MR) is 80.8 cm³/mol. The number of amides is 1. The van der Waals surface area contributed by atoms with Crippen molar-refractivity contribution in [1.29, 1.82) is 0 Å². The van der Waals surface area contributed by atoms with Crippen molar-refractivity contribution in [3.05, 3.63) is 33.6 Å². The van der Waals surface area contributed by atoms with Crippen molar-refractivity contribution in [2.45, 2.75) is 19.8 Å². The van der Waals surface area contributed by atoms with Crippen LogP contribution in [0.4, 0.5) is 5.69 Å². The summed E-state index contributed by atoms with van der Waals surface area (Å²) in [5.41, 5.74) is 0.597. The topological polar surface area (TPSA) is 97.2 Å². The summed E-state index contributed by atoms with van der Waals surface area (Å²) in [6.07, 6.45) is 3.21. The largest absolute Gasteiger partial charge is 0.352 e. The van der Waals surface area contributed by atoms with Crippen LogP contribution >= 0.6 is 12.4 Å². The van der Waals surface area contributed by atoms with E-state index in [1.165, 1.54) is 6.07 Å². The zero-order chi connectivity index (χ0) is 14.5. The molecule has 116 valence electrons. The minimum absolute atomic E-state index is 0. The van der Waals surface area contributed by atoms with E-state index in [0.717, 1.165) is 32.1 Å². The number of nitrogens with one attached hydrogen (secondary N) is 2. The predicted octanol–water partition coefficient (Wildman–Crippen LogP) is 1.45. The number of carbonyl (C=O) groups excluding carboxylic acids is 1. The van der Waals surface area contributed by atoms with Gasteiger partial charge in [0.25, 0.3) is 11.6 Å². The second-order valence-electron chi connectivity index (χ2n) is 4.99. The third-order valence-corrected chi connectivity index (χ3v) is 3.53. The minimum atomic E-state index is -0.548. The molecule has 1 aromatic rings. The van der Waals surface area contributed by atoms with Crippen molar-refractivity contribution in [2.24, 2.45) is 5.92 Å². The second-order valence-corrected chi connectivity index (χ2v) is 4.99. The number of rotatable bonds is 5. The van der Waals surface area contributed by atoms with E-state index in [4.69, 9.17) is 0 Å². The zero-order valence-corrected chi connectivity index (χ0v) is 12.6. The van der Waals surface area contributed by atoms with Crippen molar-refractivity contribution in [3.63, 3.8) is 0 Å². The van der Waals surface area contributed by atoms with Gasteiger partial charge in [0.15, 0.2) is 0 Å². The van der Waals surface area contributed by atoms with Crippen LogP contribution in [-0.4, -0.2) is 35.4 Å². The van der Waals surface area contributed by atoms with Crippen molar-refractivity contribution >= 4 is 24.0 Å². The molecule has 2 rings (SSSR count). The van der Waals surface area contributed by atoms with Crippen LogP contribution in [0.3, 0.4) is 0 Å². The number of aryl methyl sites for hydroxylation is 1. The Morgan fingerprint density at radius 2 is 2.38 bits per heavy atom. The van der Waals surface area contributed by atoms with Crippen LogP contribution in [-0.2, 0) is 0 Å². The Morgan fingerprint density at radius 3 is 3.00 bits per heavy atom. The molecule has 1 aliphatic rings. The van der Waals surface area contributed by atoms with Gasteiger partial charge in [-0.3, -0.25) is 19.9 Å². The van der Waals surface area contributed by atoms with Gasteiger partial charge in [0.05, 0.1) is 16.2 Å². The average Bonchev–Trinajstić information content (AvgIpc) is 2.92. The molecule has 0 radical (unpaired) electrons. The van der Waals surface area contributed by atoms with Gasteiger partial charge in [0.2, 0.25) is 0 Å². The van der Waals surface area contributed by atoms with E-state index >= 15 is 0 Å². The smallest absolute Gasteiger partial charge is 0.288 e. The SMILES string of the molecule is Cc1ncc([N+](=O)[O-])cc1C(=O)NCCC1CCNC1.Cl. The Kier molecular flexibility index (Phi) is 6.51. The van der Waals surface area contributed by atoms with Crippen LogP contribution in [0.25, 0.3) is 0 Å². The van der Waals surface area contributed by atoms with E-state index in [-0.39, 0.29) is 29.6 Å². The molecule has 0 aromatic carbocycles. The molecule has 2 N–H and O–H groups in total. The fraction of sp³-hybridized carbons (Fsp3) is 0.538. The molecule has 0 aliphatic carbocycles. The van der Waals surface area contributed by atoms with Crippen LogP contribution in [0.15, 0.2) is 12.3 Å². The van der Waals surface area contributed by atoms with Crippen molar-refractivity contribution < 1.29 is 9.72 Å². The molecule has 7 nitrogen and oxygen atoms in total. The summed E-state index contributed by atoms with van der Waals surface area (Å²) in [4.78, 5) is 26.1. The van der Waals surface area contributed by atoms with Crippen molar-refractivity contribution in [2.75, 3.05) is 19.6 Å². The molecule has 8 heteroatoms. The van der Waals surface area contributed by atoms with Crippen LogP contribution in [0.2, 0.25) is 0 Å². The van der Waals surface area contributed by atoms with Gasteiger partial charge in [-0.05, 0) is 38.8 Å². The van der Waals surface area contributed by atoms with E-state index in [1.54, 1.807) is 6.92 Å². The minimum Gasteiger partial charge on any atom is -0.352 e. The highest BCUT2D eigenvalue weighted by Crippen LogP contribution is 2.15. The fourth-order valence-corrected chi connectivity index (χ4v) is 2.30. The maximum atomic E-state index is 12.0. The van der Waals surface area contributed by atoms with Crippen LogP contribution in [0, 0.1) is 23.0 Å². The molecule has 21 heavy (non-hydrogen) atoms. The third kappa shape index (κ3) is 4.64. The van der Waals surface area contributed by atoms with Crippen LogP contribution in [0.5, 0.6) is 0 Å². The summed E-state index contributed by atoms with van der Waals surface area (Å²) in [6, 6.07) is 1.27. The van der Waals surface area contributed by atoms with Gasteiger partial charge >= 0.3 is 0 Å². The Labute approximate surface area is 129 Å². The number of aromatic nitrogens is 1. The fourth-order valence-electron chi connectivity index (χ4n) is 2.30. The number of hydrogen-bond acceptors (Lipinski definition) is 5. The molecular weight excluding hydrogens is 296 g/mol. The molecule has 0 spiro atoms. The first-order valence-electron chi connectivity index (χ1n) is 6.68. The normalized spacial score (nSPS) is 17.1. The molecule has 2 heterocycles. The lowest BCUT2D eigenvalue weighted by atomic mass is 10.1. The van der Waals surface area contributed by atoms with Gasteiger partial charge < -0.3 is 10.6 Å². The Bertz CT molecular complexity index is 518. The third-order valence-electron chi connectivity index (χ3n) is 3.53. The highest BCUT2D eigenvalue weighted by molar-refractivity contribution is 5.95. The number of nitro groups is 1. The van der Waals surface area contributed by atoms with Gasteiger partial charge in [0, 0.05) is 12.6 Å². The lowest BCUT2D eigenvalue weighted by Crippen LogP contribution is -2.27. The molecule has 0 saturated carbocycles. The summed E-state index contributed by atoms with van der Waals surface area (Å²) in [5, 5.41) is 16.8. The number of halogens is 1. The zero-order valence-electron chi connectivity index (χ0n) is 11.8. The quantitative estimate of drug-likeness (QED) is 0.633. The average molecular weight is 315 g/mol. The van der Waals surface area contributed by atoms with E-state index in [1.807, 2.05) is 0 Å². The molecule has 1 unspecified atom stereocenters. The maximum Gasteiger partial charge on any atom is 0.288 e. The number of hydrogen-bond donors (Lipinski definition) is 2. The Morgan fingerprint density at radius 1 is 1.62 bits per heavy atom. The number of nitrogens with zero attached hydrogens (tertiary/aromatic N) is 2. The van der Waals surface area contributed by atoms with Gasteiger partial charge in [-0.2, -0.15) is 0 Å². The standard InChI is InChI=1S/C13H18N4O3.ClH/c1-9-12(6-11(8-16-9)17(19)20)13(18)15-5-3-10-2-4-14-7-10;/h6,8,10,14H,2-5,7H2,1H3,(H,15,18);1H. The van der Waals surface area contributed by atoms with E-state index in [2.05, 4.69) is 15.6 Å². The first kappa shape index (κ1) is 17.3. The molecule has 0 bridgehead atoms. The van der Waals surface area contributed by atoms with Gasteiger partial charge in [-0.15, -0.1) is 12.4 Å². The lowest BCUT2D eigenvalue weighted by Gasteiger charge is -2.10. The maximum absolute atomic E-state index is 12.0. The Hall–Kier alpha value is -1.73.